The third kappa shape index (κ3) is 9.94. The van der Waals surface area contributed by atoms with Crippen molar-refractivity contribution in [2.45, 2.75) is 12.8 Å². The number of ether oxygens (including phenoxy) is 3. The van der Waals surface area contributed by atoms with Gasteiger partial charge in [0.2, 0.25) is 0 Å². The standard InChI is InChI=1S/C18H28BrN3O3.HI/c1-20-18(21-7-3-9-23-13-15-6-10-24-14-15)22-8-11-25-17-5-2-4-16(19)12-17;/h2,4-5,12,15H,3,6-11,13-14H2,1H3,(H2,20,21,22);1H. The van der Waals surface area contributed by atoms with Crippen LogP contribution in [0.25, 0.3) is 0 Å². The molecule has 148 valence electrons. The van der Waals surface area contributed by atoms with E-state index in [0.29, 0.717) is 19.1 Å². The Hall–Kier alpha value is -0.580. The second kappa shape index (κ2) is 14.5. The van der Waals surface area contributed by atoms with Crippen LogP contribution in [0.4, 0.5) is 0 Å². The summed E-state index contributed by atoms with van der Waals surface area (Å²) in [6.45, 7) is 5.37. The molecule has 8 heteroatoms. The van der Waals surface area contributed by atoms with Crippen LogP contribution in [-0.2, 0) is 9.47 Å². The molecule has 2 N–H and O–H groups in total. The number of halogens is 2. The third-order valence-electron chi connectivity index (χ3n) is 3.82. The van der Waals surface area contributed by atoms with Gasteiger partial charge in [-0.15, -0.1) is 24.0 Å². The van der Waals surface area contributed by atoms with Crippen LogP contribution in [0, 0.1) is 5.92 Å². The Kier molecular flexibility index (Phi) is 13.1. The lowest BCUT2D eigenvalue weighted by Gasteiger charge is -2.13. The highest BCUT2D eigenvalue weighted by Gasteiger charge is 2.15. The van der Waals surface area contributed by atoms with Gasteiger partial charge in [-0.05, 0) is 31.0 Å². The van der Waals surface area contributed by atoms with Crippen molar-refractivity contribution in [3.05, 3.63) is 28.7 Å². The van der Waals surface area contributed by atoms with Crippen molar-refractivity contribution < 1.29 is 14.2 Å². The molecular weight excluding hydrogens is 513 g/mol. The molecule has 1 aliphatic rings. The van der Waals surface area contributed by atoms with Gasteiger partial charge in [-0.3, -0.25) is 4.99 Å². The van der Waals surface area contributed by atoms with E-state index in [1.165, 1.54) is 0 Å². The van der Waals surface area contributed by atoms with Gasteiger partial charge in [0.15, 0.2) is 5.96 Å². The Morgan fingerprint density at radius 2 is 2.15 bits per heavy atom. The van der Waals surface area contributed by atoms with Crippen molar-refractivity contribution >= 4 is 45.9 Å². The number of hydrogen-bond acceptors (Lipinski definition) is 4. The second-order valence-electron chi connectivity index (χ2n) is 5.89. The molecule has 1 aromatic carbocycles. The Labute approximate surface area is 181 Å². The summed E-state index contributed by atoms with van der Waals surface area (Å²) in [5.41, 5.74) is 0. The Bertz CT molecular complexity index is 528. The lowest BCUT2D eigenvalue weighted by molar-refractivity contribution is 0.0888. The second-order valence-corrected chi connectivity index (χ2v) is 6.81. The molecule has 0 aromatic heterocycles. The smallest absolute Gasteiger partial charge is 0.191 e. The fourth-order valence-corrected chi connectivity index (χ4v) is 2.84. The summed E-state index contributed by atoms with van der Waals surface area (Å²) in [6, 6.07) is 7.82. The maximum absolute atomic E-state index is 5.69. The van der Waals surface area contributed by atoms with Crippen LogP contribution in [0.5, 0.6) is 5.75 Å². The van der Waals surface area contributed by atoms with E-state index in [1.54, 1.807) is 7.05 Å². The zero-order valence-electron chi connectivity index (χ0n) is 15.2. The molecule has 0 spiro atoms. The zero-order valence-corrected chi connectivity index (χ0v) is 19.1. The van der Waals surface area contributed by atoms with Crippen LogP contribution in [0.15, 0.2) is 33.7 Å². The van der Waals surface area contributed by atoms with Crippen molar-refractivity contribution in [2.24, 2.45) is 10.9 Å². The quantitative estimate of drug-likeness (QED) is 0.206. The molecule has 26 heavy (non-hydrogen) atoms. The first-order valence-corrected chi connectivity index (χ1v) is 9.55. The minimum Gasteiger partial charge on any atom is -0.492 e. The van der Waals surface area contributed by atoms with Gasteiger partial charge in [0, 0.05) is 37.2 Å². The fourth-order valence-electron chi connectivity index (χ4n) is 2.46. The summed E-state index contributed by atoms with van der Waals surface area (Å²) in [6.07, 6.45) is 2.07. The summed E-state index contributed by atoms with van der Waals surface area (Å²) >= 11 is 3.43. The summed E-state index contributed by atoms with van der Waals surface area (Å²) in [5.74, 6) is 2.21. The minimum absolute atomic E-state index is 0. The average molecular weight is 542 g/mol. The molecule has 6 nitrogen and oxygen atoms in total. The summed E-state index contributed by atoms with van der Waals surface area (Å²) in [4.78, 5) is 4.20. The average Bonchev–Trinajstić information content (AvgIpc) is 3.13. The molecule has 0 bridgehead atoms. The van der Waals surface area contributed by atoms with Crippen molar-refractivity contribution in [2.75, 3.05) is 53.2 Å². The number of nitrogens with one attached hydrogen (secondary N) is 2. The third-order valence-corrected chi connectivity index (χ3v) is 4.31. The minimum atomic E-state index is 0. The van der Waals surface area contributed by atoms with Gasteiger partial charge in [-0.2, -0.15) is 0 Å². The van der Waals surface area contributed by atoms with E-state index in [9.17, 15) is 0 Å². The summed E-state index contributed by atoms with van der Waals surface area (Å²) < 4.78 is 17.7. The molecule has 0 aliphatic carbocycles. The molecule has 1 unspecified atom stereocenters. The number of guanidine groups is 1. The van der Waals surface area contributed by atoms with Crippen LogP contribution >= 0.6 is 39.9 Å². The highest BCUT2D eigenvalue weighted by molar-refractivity contribution is 14.0. The van der Waals surface area contributed by atoms with E-state index < -0.39 is 0 Å². The highest BCUT2D eigenvalue weighted by Crippen LogP contribution is 2.17. The summed E-state index contributed by atoms with van der Waals surface area (Å²) in [7, 11) is 1.76. The highest BCUT2D eigenvalue weighted by atomic mass is 127. The topological polar surface area (TPSA) is 64.1 Å². The first-order valence-electron chi connectivity index (χ1n) is 8.76. The Balaban J connectivity index is 0.00000338. The SMILES string of the molecule is CN=C(NCCCOCC1CCOC1)NCCOc1cccc(Br)c1.I. The fraction of sp³-hybridized carbons (Fsp3) is 0.611. The lowest BCUT2D eigenvalue weighted by atomic mass is 10.1. The van der Waals surface area contributed by atoms with Gasteiger partial charge < -0.3 is 24.8 Å². The number of hydrogen-bond donors (Lipinski definition) is 2. The maximum Gasteiger partial charge on any atom is 0.191 e. The van der Waals surface area contributed by atoms with E-state index in [4.69, 9.17) is 14.2 Å². The Morgan fingerprint density at radius 1 is 1.31 bits per heavy atom. The molecule has 2 rings (SSSR count). The molecule has 1 aliphatic heterocycles. The van der Waals surface area contributed by atoms with E-state index in [0.717, 1.165) is 62.0 Å². The number of nitrogens with zero attached hydrogens (tertiary/aromatic N) is 1. The predicted molar refractivity (Wildman–Crippen MR) is 119 cm³/mol. The van der Waals surface area contributed by atoms with Crippen LogP contribution in [0.2, 0.25) is 0 Å². The van der Waals surface area contributed by atoms with E-state index in [1.807, 2.05) is 24.3 Å². The zero-order chi connectivity index (χ0) is 17.7. The van der Waals surface area contributed by atoms with E-state index in [-0.39, 0.29) is 24.0 Å². The first kappa shape index (κ1) is 23.5. The van der Waals surface area contributed by atoms with Gasteiger partial charge in [-0.1, -0.05) is 22.0 Å². The van der Waals surface area contributed by atoms with Crippen molar-refractivity contribution in [3.63, 3.8) is 0 Å². The van der Waals surface area contributed by atoms with Crippen molar-refractivity contribution in [1.29, 1.82) is 0 Å². The molecule has 1 heterocycles. The van der Waals surface area contributed by atoms with E-state index >= 15 is 0 Å². The number of aliphatic imine (C=N–C) groups is 1. The molecule has 0 radical (unpaired) electrons. The lowest BCUT2D eigenvalue weighted by Crippen LogP contribution is -2.39. The number of benzene rings is 1. The van der Waals surface area contributed by atoms with Gasteiger partial charge >= 0.3 is 0 Å². The first-order chi connectivity index (χ1) is 12.3. The predicted octanol–water partition coefficient (Wildman–Crippen LogP) is 3.05. The molecule has 1 atom stereocenters. The molecular formula is C18H29BrIN3O3. The molecule has 1 fully saturated rings. The van der Waals surface area contributed by atoms with Crippen molar-refractivity contribution in [1.82, 2.24) is 10.6 Å². The van der Waals surface area contributed by atoms with Gasteiger partial charge in [0.05, 0.1) is 19.8 Å². The van der Waals surface area contributed by atoms with Gasteiger partial charge in [-0.25, -0.2) is 0 Å². The largest absolute Gasteiger partial charge is 0.492 e. The molecule has 1 aromatic rings. The van der Waals surface area contributed by atoms with Crippen LogP contribution in [0.3, 0.4) is 0 Å². The number of rotatable bonds is 10. The Morgan fingerprint density at radius 3 is 2.88 bits per heavy atom. The van der Waals surface area contributed by atoms with Crippen LogP contribution in [-0.4, -0.2) is 59.1 Å². The molecule has 0 amide bonds. The normalized spacial score (nSPS) is 16.8. The monoisotopic (exact) mass is 541 g/mol. The molecule has 0 saturated carbocycles. The summed E-state index contributed by atoms with van der Waals surface area (Å²) in [5, 5.41) is 6.51. The van der Waals surface area contributed by atoms with E-state index in [2.05, 4.69) is 31.6 Å². The van der Waals surface area contributed by atoms with Gasteiger partial charge in [0.1, 0.15) is 12.4 Å². The van der Waals surface area contributed by atoms with Crippen LogP contribution in [0.1, 0.15) is 12.8 Å². The molecule has 1 saturated heterocycles. The van der Waals surface area contributed by atoms with Crippen molar-refractivity contribution in [3.8, 4) is 5.75 Å². The maximum atomic E-state index is 5.69. The van der Waals surface area contributed by atoms with Crippen LogP contribution < -0.4 is 15.4 Å². The van der Waals surface area contributed by atoms with Gasteiger partial charge in [0.25, 0.3) is 0 Å².